The summed E-state index contributed by atoms with van der Waals surface area (Å²) in [5.74, 6) is 0. The SMILES string of the molecule is BrCCCCCCCBr.BrCCCCCCCCBr. The van der Waals surface area contributed by atoms with E-state index in [1.54, 1.807) is 0 Å². The highest BCUT2D eigenvalue weighted by atomic mass is 79.9. The first kappa shape index (κ1) is 23.2. The molecule has 4 heteroatoms. The maximum absolute atomic E-state index is 3.42. The highest BCUT2D eigenvalue weighted by molar-refractivity contribution is 9.09. The van der Waals surface area contributed by atoms with Crippen molar-refractivity contribution in [3.8, 4) is 0 Å². The molecule has 0 spiro atoms. The second kappa shape index (κ2) is 24.9. The van der Waals surface area contributed by atoms with Crippen LogP contribution in [0.15, 0.2) is 0 Å². The Morgan fingerprint density at radius 3 is 0.579 bits per heavy atom. The van der Waals surface area contributed by atoms with Crippen LogP contribution >= 0.6 is 63.7 Å². The molecule has 0 N–H and O–H groups in total. The summed E-state index contributed by atoms with van der Waals surface area (Å²) in [7, 11) is 0. The van der Waals surface area contributed by atoms with Gasteiger partial charge in [-0.1, -0.05) is 109 Å². The lowest BCUT2D eigenvalue weighted by Crippen LogP contribution is -1.80. The van der Waals surface area contributed by atoms with Crippen molar-refractivity contribution in [3.05, 3.63) is 0 Å². The molecule has 0 nitrogen and oxygen atoms in total. The molecule has 0 aromatic heterocycles. The van der Waals surface area contributed by atoms with Crippen LogP contribution in [0.4, 0.5) is 0 Å². The van der Waals surface area contributed by atoms with Gasteiger partial charge in [-0.15, -0.1) is 0 Å². The molecule has 0 aliphatic heterocycles. The maximum Gasteiger partial charge on any atom is 0.00313 e. The van der Waals surface area contributed by atoms with E-state index in [2.05, 4.69) is 63.7 Å². The van der Waals surface area contributed by atoms with Crippen molar-refractivity contribution in [2.24, 2.45) is 0 Å². The molecule has 0 fully saturated rings. The average Bonchev–Trinajstić information content (AvgIpc) is 2.43. The zero-order valence-electron chi connectivity index (χ0n) is 12.1. The maximum atomic E-state index is 3.42. The smallest absolute Gasteiger partial charge is 0.00313 e. The van der Waals surface area contributed by atoms with Gasteiger partial charge in [0.1, 0.15) is 0 Å². The number of hydrogen-bond acceptors (Lipinski definition) is 0. The Morgan fingerprint density at radius 2 is 0.421 bits per heavy atom. The molecule has 0 bridgehead atoms. The van der Waals surface area contributed by atoms with E-state index in [1.165, 1.54) is 91.9 Å². The Bertz CT molecular complexity index is 117. The van der Waals surface area contributed by atoms with Crippen molar-refractivity contribution in [2.75, 3.05) is 21.3 Å². The topological polar surface area (TPSA) is 0 Å². The first-order valence-corrected chi connectivity index (χ1v) is 12.1. The van der Waals surface area contributed by atoms with Gasteiger partial charge in [-0.05, 0) is 25.7 Å². The normalized spacial score (nSPS) is 10.1. The number of halogens is 4. The quantitative estimate of drug-likeness (QED) is 0.168. The Labute approximate surface area is 154 Å². The zero-order chi connectivity index (χ0) is 14.6. The van der Waals surface area contributed by atoms with Gasteiger partial charge in [-0.25, -0.2) is 0 Å². The molecular formula is C15H30Br4. The predicted molar refractivity (Wildman–Crippen MR) is 106 cm³/mol. The molecule has 0 unspecified atom stereocenters. The fourth-order valence-corrected chi connectivity index (χ4v) is 3.20. The van der Waals surface area contributed by atoms with Crippen LogP contribution in [-0.2, 0) is 0 Å². The van der Waals surface area contributed by atoms with Gasteiger partial charge in [0, 0.05) is 21.3 Å². The molecule has 0 rings (SSSR count). The van der Waals surface area contributed by atoms with Gasteiger partial charge in [0.15, 0.2) is 0 Å². The Hall–Kier alpha value is 1.92. The summed E-state index contributed by atoms with van der Waals surface area (Å²) in [6.07, 6.45) is 15.2. The van der Waals surface area contributed by atoms with E-state index in [-0.39, 0.29) is 0 Å². The molecule has 0 aliphatic carbocycles. The lowest BCUT2D eigenvalue weighted by Gasteiger charge is -1.96. The van der Waals surface area contributed by atoms with Crippen molar-refractivity contribution in [1.29, 1.82) is 0 Å². The molecular weight excluding hydrogens is 500 g/mol. The van der Waals surface area contributed by atoms with Crippen LogP contribution in [0.2, 0.25) is 0 Å². The number of rotatable bonds is 13. The van der Waals surface area contributed by atoms with Crippen LogP contribution in [-0.4, -0.2) is 21.3 Å². The van der Waals surface area contributed by atoms with Gasteiger partial charge < -0.3 is 0 Å². The minimum atomic E-state index is 1.17. The molecule has 0 heterocycles. The zero-order valence-corrected chi connectivity index (χ0v) is 18.5. The molecule has 0 aromatic carbocycles. The van der Waals surface area contributed by atoms with Gasteiger partial charge >= 0.3 is 0 Å². The Kier molecular flexibility index (Phi) is 30.4. The van der Waals surface area contributed by atoms with Crippen molar-refractivity contribution in [2.45, 2.75) is 70.6 Å². The molecule has 0 radical (unpaired) electrons. The summed E-state index contributed by atoms with van der Waals surface area (Å²) in [5, 5.41) is 4.68. The molecule has 0 atom stereocenters. The minimum Gasteiger partial charge on any atom is -0.0928 e. The highest BCUT2D eigenvalue weighted by Crippen LogP contribution is 2.07. The first-order valence-electron chi connectivity index (χ1n) is 7.57. The summed E-state index contributed by atoms with van der Waals surface area (Å²) >= 11 is 13.7. The van der Waals surface area contributed by atoms with Crippen LogP contribution in [0.5, 0.6) is 0 Å². The summed E-state index contributed by atoms with van der Waals surface area (Å²) in [4.78, 5) is 0. The second-order valence-corrected chi connectivity index (χ2v) is 7.82. The molecule has 0 aliphatic rings. The van der Waals surface area contributed by atoms with Gasteiger partial charge in [0.25, 0.3) is 0 Å². The molecule has 118 valence electrons. The van der Waals surface area contributed by atoms with Gasteiger partial charge in [0.2, 0.25) is 0 Å². The molecule has 0 aromatic rings. The predicted octanol–water partition coefficient (Wildman–Crippen LogP) is 7.84. The fourth-order valence-electron chi connectivity index (χ4n) is 1.62. The average molecular weight is 530 g/mol. The summed E-state index contributed by atoms with van der Waals surface area (Å²) in [6, 6.07) is 0. The minimum absolute atomic E-state index is 1.17. The number of hydrogen-bond donors (Lipinski definition) is 0. The van der Waals surface area contributed by atoms with Crippen molar-refractivity contribution in [1.82, 2.24) is 0 Å². The Balaban J connectivity index is 0. The standard InChI is InChI=1S/C8H16Br2.C7H14Br2/c9-7-5-3-1-2-4-6-8-10;8-6-4-2-1-3-5-7-9/h1-8H2;1-7H2. The van der Waals surface area contributed by atoms with E-state index in [4.69, 9.17) is 0 Å². The second-order valence-electron chi connectivity index (χ2n) is 4.65. The van der Waals surface area contributed by atoms with E-state index in [0.29, 0.717) is 0 Å². The molecule has 0 saturated heterocycles. The largest absolute Gasteiger partial charge is 0.0928 e. The van der Waals surface area contributed by atoms with E-state index < -0.39 is 0 Å². The Morgan fingerprint density at radius 1 is 0.263 bits per heavy atom. The number of unbranched alkanes of at least 4 members (excludes halogenated alkanes) is 9. The number of alkyl halides is 4. The van der Waals surface area contributed by atoms with Crippen molar-refractivity contribution >= 4 is 63.7 Å². The van der Waals surface area contributed by atoms with Crippen molar-refractivity contribution < 1.29 is 0 Å². The van der Waals surface area contributed by atoms with E-state index >= 15 is 0 Å². The van der Waals surface area contributed by atoms with E-state index in [1.807, 2.05) is 0 Å². The third kappa shape index (κ3) is 28.7. The van der Waals surface area contributed by atoms with Crippen LogP contribution in [0.1, 0.15) is 70.6 Å². The molecule has 0 saturated carbocycles. The molecule has 19 heavy (non-hydrogen) atoms. The fraction of sp³-hybridized carbons (Fsp3) is 1.00. The van der Waals surface area contributed by atoms with Crippen LogP contribution in [0, 0.1) is 0 Å². The van der Waals surface area contributed by atoms with Crippen LogP contribution < -0.4 is 0 Å². The van der Waals surface area contributed by atoms with Gasteiger partial charge in [-0.3, -0.25) is 0 Å². The van der Waals surface area contributed by atoms with E-state index in [9.17, 15) is 0 Å². The van der Waals surface area contributed by atoms with Crippen LogP contribution in [0.3, 0.4) is 0 Å². The first-order chi connectivity index (χ1) is 9.33. The van der Waals surface area contributed by atoms with Gasteiger partial charge in [-0.2, -0.15) is 0 Å². The summed E-state index contributed by atoms with van der Waals surface area (Å²) in [6.45, 7) is 0. The van der Waals surface area contributed by atoms with Crippen molar-refractivity contribution in [3.63, 3.8) is 0 Å². The van der Waals surface area contributed by atoms with Gasteiger partial charge in [0.05, 0.1) is 0 Å². The lowest BCUT2D eigenvalue weighted by atomic mass is 10.1. The third-order valence-corrected chi connectivity index (χ3v) is 5.03. The highest BCUT2D eigenvalue weighted by Gasteiger charge is 1.88. The monoisotopic (exact) mass is 526 g/mol. The van der Waals surface area contributed by atoms with Crippen LogP contribution in [0.25, 0.3) is 0 Å². The lowest BCUT2D eigenvalue weighted by molar-refractivity contribution is 0.631. The summed E-state index contributed by atoms with van der Waals surface area (Å²) < 4.78 is 0. The third-order valence-electron chi connectivity index (χ3n) is 2.78. The summed E-state index contributed by atoms with van der Waals surface area (Å²) in [5.41, 5.74) is 0. The van der Waals surface area contributed by atoms with E-state index in [0.717, 1.165) is 0 Å². The molecule has 0 amide bonds.